The molecule has 106 valence electrons. The molecule has 1 aromatic carbocycles. The summed E-state index contributed by atoms with van der Waals surface area (Å²) in [6.45, 7) is 1.24. The summed E-state index contributed by atoms with van der Waals surface area (Å²) in [5, 5.41) is 22.0. The molecular formula is C14H16N2O4. The second-order valence-corrected chi connectivity index (χ2v) is 5.00. The number of carboxylic acids is 1. The Labute approximate surface area is 115 Å². The van der Waals surface area contributed by atoms with Crippen molar-refractivity contribution in [2.75, 3.05) is 6.54 Å². The van der Waals surface area contributed by atoms with Crippen molar-refractivity contribution in [2.24, 2.45) is 0 Å². The molecule has 2 rings (SSSR count). The number of nitrogens with one attached hydrogen (secondary N) is 2. The van der Waals surface area contributed by atoms with Crippen LogP contribution in [0.3, 0.4) is 0 Å². The molecule has 1 heterocycles. The monoisotopic (exact) mass is 276 g/mol. The predicted molar refractivity (Wildman–Crippen MR) is 73.5 cm³/mol. The van der Waals surface area contributed by atoms with Crippen molar-refractivity contribution in [2.45, 2.75) is 18.9 Å². The SMILES string of the molecule is CC(O)(CNC(=O)c1cccc2cc[nH]c12)CC(=O)O. The van der Waals surface area contributed by atoms with Gasteiger partial charge in [-0.05, 0) is 19.1 Å². The molecule has 2 aromatic rings. The molecule has 0 fully saturated rings. The minimum Gasteiger partial charge on any atom is -0.481 e. The van der Waals surface area contributed by atoms with Gasteiger partial charge in [0, 0.05) is 18.1 Å². The first-order valence-corrected chi connectivity index (χ1v) is 6.17. The van der Waals surface area contributed by atoms with Gasteiger partial charge >= 0.3 is 5.97 Å². The molecule has 4 N–H and O–H groups in total. The summed E-state index contributed by atoms with van der Waals surface area (Å²) in [6, 6.07) is 7.16. The smallest absolute Gasteiger partial charge is 0.306 e. The van der Waals surface area contributed by atoms with Gasteiger partial charge < -0.3 is 20.5 Å². The number of aromatic nitrogens is 1. The fraction of sp³-hybridized carbons (Fsp3) is 0.286. The van der Waals surface area contributed by atoms with Crippen LogP contribution in [-0.2, 0) is 4.79 Å². The number of aromatic amines is 1. The topological polar surface area (TPSA) is 102 Å². The molecule has 0 spiro atoms. The van der Waals surface area contributed by atoms with E-state index in [2.05, 4.69) is 10.3 Å². The Balaban J connectivity index is 2.09. The number of H-pyrrole nitrogens is 1. The van der Waals surface area contributed by atoms with Gasteiger partial charge in [0.15, 0.2) is 0 Å². The van der Waals surface area contributed by atoms with Crippen LogP contribution in [0, 0.1) is 0 Å². The molecule has 6 nitrogen and oxygen atoms in total. The van der Waals surface area contributed by atoms with Gasteiger partial charge in [0.25, 0.3) is 5.91 Å². The van der Waals surface area contributed by atoms with Gasteiger partial charge in [-0.3, -0.25) is 9.59 Å². The van der Waals surface area contributed by atoms with Gasteiger partial charge in [-0.15, -0.1) is 0 Å². The number of para-hydroxylation sites is 1. The van der Waals surface area contributed by atoms with Gasteiger partial charge in [0.1, 0.15) is 0 Å². The lowest BCUT2D eigenvalue weighted by atomic mass is 10.0. The van der Waals surface area contributed by atoms with E-state index in [1.54, 1.807) is 18.3 Å². The van der Waals surface area contributed by atoms with Gasteiger partial charge in [-0.1, -0.05) is 12.1 Å². The van der Waals surface area contributed by atoms with E-state index in [1.165, 1.54) is 6.92 Å². The number of rotatable bonds is 5. The van der Waals surface area contributed by atoms with E-state index < -0.39 is 18.0 Å². The Kier molecular flexibility index (Phi) is 3.76. The molecule has 0 bridgehead atoms. The average Bonchev–Trinajstić information content (AvgIpc) is 2.82. The van der Waals surface area contributed by atoms with Crippen LogP contribution >= 0.6 is 0 Å². The number of benzene rings is 1. The molecule has 0 aliphatic rings. The normalized spacial score (nSPS) is 13.9. The molecule has 20 heavy (non-hydrogen) atoms. The van der Waals surface area contributed by atoms with Crippen LogP contribution < -0.4 is 5.32 Å². The van der Waals surface area contributed by atoms with Crippen LogP contribution in [0.1, 0.15) is 23.7 Å². The zero-order valence-corrected chi connectivity index (χ0v) is 11.0. The number of carboxylic acid groups (broad SMARTS) is 1. The van der Waals surface area contributed by atoms with Crippen molar-refractivity contribution in [3.8, 4) is 0 Å². The summed E-state index contributed by atoms with van der Waals surface area (Å²) in [6.07, 6.45) is 1.31. The lowest BCUT2D eigenvalue weighted by Gasteiger charge is -2.21. The Morgan fingerprint density at radius 1 is 1.35 bits per heavy atom. The fourth-order valence-electron chi connectivity index (χ4n) is 2.03. The summed E-state index contributed by atoms with van der Waals surface area (Å²) in [4.78, 5) is 25.7. The summed E-state index contributed by atoms with van der Waals surface area (Å²) in [5.74, 6) is -1.47. The van der Waals surface area contributed by atoms with Crippen LogP contribution in [0.2, 0.25) is 0 Å². The molecule has 1 aromatic heterocycles. The third kappa shape index (κ3) is 3.16. The quantitative estimate of drug-likeness (QED) is 0.657. The molecule has 0 saturated heterocycles. The number of hydrogen-bond acceptors (Lipinski definition) is 3. The number of hydrogen-bond donors (Lipinski definition) is 4. The summed E-state index contributed by atoms with van der Waals surface area (Å²) in [5.41, 5.74) is -0.313. The van der Waals surface area contributed by atoms with Crippen LogP contribution in [0.5, 0.6) is 0 Å². The van der Waals surface area contributed by atoms with Crippen molar-refractivity contribution in [1.82, 2.24) is 10.3 Å². The van der Waals surface area contributed by atoms with E-state index in [0.717, 1.165) is 5.39 Å². The lowest BCUT2D eigenvalue weighted by molar-refractivity contribution is -0.141. The third-order valence-corrected chi connectivity index (χ3v) is 2.99. The number of aliphatic carboxylic acids is 1. The number of carbonyl (C=O) groups is 2. The zero-order valence-electron chi connectivity index (χ0n) is 11.0. The molecule has 0 saturated carbocycles. The van der Waals surface area contributed by atoms with E-state index in [-0.39, 0.29) is 12.5 Å². The Bertz CT molecular complexity index is 645. The highest BCUT2D eigenvalue weighted by atomic mass is 16.4. The van der Waals surface area contributed by atoms with Crippen molar-refractivity contribution in [1.29, 1.82) is 0 Å². The van der Waals surface area contributed by atoms with Crippen LogP contribution in [0.25, 0.3) is 10.9 Å². The Morgan fingerprint density at radius 2 is 2.10 bits per heavy atom. The van der Waals surface area contributed by atoms with E-state index in [4.69, 9.17) is 5.11 Å². The second kappa shape index (κ2) is 5.34. The van der Waals surface area contributed by atoms with Gasteiger partial charge in [-0.2, -0.15) is 0 Å². The number of amides is 1. The maximum atomic E-state index is 12.1. The van der Waals surface area contributed by atoms with Gasteiger partial charge in [0.05, 0.1) is 23.1 Å². The maximum absolute atomic E-state index is 12.1. The third-order valence-electron chi connectivity index (χ3n) is 2.99. The van der Waals surface area contributed by atoms with E-state index in [9.17, 15) is 14.7 Å². The standard InChI is InChI=1S/C14H16N2O4/c1-14(20,7-11(17)18)8-16-13(19)10-4-2-3-9-5-6-15-12(9)10/h2-6,15,20H,7-8H2,1H3,(H,16,19)(H,17,18). The number of fused-ring (bicyclic) bond motifs is 1. The van der Waals surface area contributed by atoms with Crippen LogP contribution in [0.15, 0.2) is 30.5 Å². The minimum atomic E-state index is -1.48. The largest absolute Gasteiger partial charge is 0.481 e. The fourth-order valence-corrected chi connectivity index (χ4v) is 2.03. The molecule has 1 amide bonds. The number of carbonyl (C=O) groups excluding carboxylic acids is 1. The van der Waals surface area contributed by atoms with Crippen LogP contribution in [0.4, 0.5) is 0 Å². The molecule has 6 heteroatoms. The molecular weight excluding hydrogens is 260 g/mol. The highest BCUT2D eigenvalue weighted by molar-refractivity contribution is 6.05. The van der Waals surface area contributed by atoms with Crippen molar-refractivity contribution < 1.29 is 19.8 Å². The molecule has 1 unspecified atom stereocenters. The lowest BCUT2D eigenvalue weighted by Crippen LogP contribution is -2.42. The van der Waals surface area contributed by atoms with Gasteiger partial charge in [0.2, 0.25) is 0 Å². The highest BCUT2D eigenvalue weighted by Gasteiger charge is 2.25. The summed E-state index contributed by atoms with van der Waals surface area (Å²) >= 11 is 0. The van der Waals surface area contributed by atoms with E-state index in [1.807, 2.05) is 12.1 Å². The Hall–Kier alpha value is -2.34. The molecule has 0 radical (unpaired) electrons. The second-order valence-electron chi connectivity index (χ2n) is 5.00. The highest BCUT2D eigenvalue weighted by Crippen LogP contribution is 2.17. The first kappa shape index (κ1) is 14.1. The molecule has 1 atom stereocenters. The van der Waals surface area contributed by atoms with Gasteiger partial charge in [-0.25, -0.2) is 0 Å². The Morgan fingerprint density at radius 3 is 2.80 bits per heavy atom. The summed E-state index contributed by atoms with van der Waals surface area (Å²) in [7, 11) is 0. The number of aliphatic hydroxyl groups is 1. The van der Waals surface area contributed by atoms with Crippen LogP contribution in [-0.4, -0.2) is 39.2 Å². The van der Waals surface area contributed by atoms with Crippen molar-refractivity contribution >= 4 is 22.8 Å². The average molecular weight is 276 g/mol. The maximum Gasteiger partial charge on any atom is 0.306 e. The van der Waals surface area contributed by atoms with Crippen molar-refractivity contribution in [3.05, 3.63) is 36.0 Å². The van der Waals surface area contributed by atoms with E-state index in [0.29, 0.717) is 11.1 Å². The van der Waals surface area contributed by atoms with E-state index >= 15 is 0 Å². The first-order valence-electron chi connectivity index (χ1n) is 6.17. The molecule has 0 aliphatic heterocycles. The summed E-state index contributed by atoms with van der Waals surface area (Å²) < 4.78 is 0. The zero-order chi connectivity index (χ0) is 14.8. The molecule has 0 aliphatic carbocycles. The predicted octanol–water partition coefficient (Wildman–Crippen LogP) is 1.12. The first-order chi connectivity index (χ1) is 9.39. The minimum absolute atomic E-state index is 0.130. The van der Waals surface area contributed by atoms with Crippen molar-refractivity contribution in [3.63, 3.8) is 0 Å².